The fraction of sp³-hybridized carbons (Fsp3) is 0.0625. The number of anilines is 1. The van der Waals surface area contributed by atoms with Gasteiger partial charge in [0.25, 0.3) is 0 Å². The van der Waals surface area contributed by atoms with Crippen LogP contribution in [0.3, 0.4) is 0 Å². The second-order valence-corrected chi connectivity index (χ2v) is 5.98. The highest BCUT2D eigenvalue weighted by molar-refractivity contribution is 7.98. The normalized spacial score (nSPS) is 10.7. The van der Waals surface area contributed by atoms with Crippen LogP contribution >= 0.6 is 23.4 Å². The van der Waals surface area contributed by atoms with Crippen LogP contribution < -0.4 is 5.73 Å². The third kappa shape index (κ3) is 3.40. The maximum Gasteiger partial charge on any atom is 0.222 e. The monoisotopic (exact) mass is 316 g/mol. The van der Waals surface area contributed by atoms with Crippen molar-refractivity contribution in [2.75, 3.05) is 5.73 Å². The minimum absolute atomic E-state index is 0.295. The molecule has 106 valence electrons. The van der Waals surface area contributed by atoms with Gasteiger partial charge in [-0.05, 0) is 23.8 Å². The molecule has 0 atom stereocenters. The lowest BCUT2D eigenvalue weighted by atomic mass is 10.1. The van der Waals surface area contributed by atoms with Crippen molar-refractivity contribution in [2.45, 2.75) is 10.6 Å². The van der Waals surface area contributed by atoms with Crippen molar-refractivity contribution in [1.82, 2.24) is 5.16 Å². The Balaban J connectivity index is 1.88. The van der Waals surface area contributed by atoms with Crippen LogP contribution in [0.1, 0.15) is 5.56 Å². The molecule has 3 nitrogen and oxygen atoms in total. The van der Waals surface area contributed by atoms with Crippen molar-refractivity contribution in [2.24, 2.45) is 0 Å². The van der Waals surface area contributed by atoms with Gasteiger partial charge in [-0.2, -0.15) is 0 Å². The maximum atomic E-state index is 6.09. The standard InChI is InChI=1S/C16H13ClN2OS/c17-12-6-7-15(21-10-11-4-2-1-3-5-11)13(8-12)14-9-16(18)20-19-14/h1-9H,10,18H2. The van der Waals surface area contributed by atoms with Gasteiger partial charge in [-0.15, -0.1) is 11.8 Å². The maximum absolute atomic E-state index is 6.09. The van der Waals surface area contributed by atoms with Gasteiger partial charge in [0.1, 0.15) is 5.69 Å². The second kappa shape index (κ2) is 6.24. The lowest BCUT2D eigenvalue weighted by Gasteiger charge is -2.07. The Bertz CT molecular complexity index is 743. The average molecular weight is 317 g/mol. The van der Waals surface area contributed by atoms with Gasteiger partial charge in [0, 0.05) is 27.3 Å². The Kier molecular flexibility index (Phi) is 4.18. The van der Waals surface area contributed by atoms with E-state index in [1.807, 2.05) is 36.4 Å². The molecule has 0 aliphatic rings. The van der Waals surface area contributed by atoms with E-state index in [4.69, 9.17) is 21.9 Å². The molecular formula is C16H13ClN2OS. The van der Waals surface area contributed by atoms with Crippen molar-refractivity contribution in [1.29, 1.82) is 0 Å². The van der Waals surface area contributed by atoms with E-state index in [1.54, 1.807) is 17.8 Å². The topological polar surface area (TPSA) is 52.0 Å². The number of nitrogens with zero attached hydrogens (tertiary/aromatic N) is 1. The van der Waals surface area contributed by atoms with Gasteiger partial charge >= 0.3 is 0 Å². The first-order chi connectivity index (χ1) is 10.2. The van der Waals surface area contributed by atoms with Crippen molar-refractivity contribution in [3.63, 3.8) is 0 Å². The minimum Gasteiger partial charge on any atom is -0.368 e. The average Bonchev–Trinajstić information content (AvgIpc) is 2.93. The summed E-state index contributed by atoms with van der Waals surface area (Å²) < 4.78 is 4.95. The highest BCUT2D eigenvalue weighted by Crippen LogP contribution is 2.35. The number of thioether (sulfide) groups is 1. The summed E-state index contributed by atoms with van der Waals surface area (Å²) >= 11 is 7.82. The lowest BCUT2D eigenvalue weighted by molar-refractivity contribution is 0.439. The third-order valence-electron chi connectivity index (χ3n) is 2.98. The predicted molar refractivity (Wildman–Crippen MR) is 87.4 cm³/mol. The first kappa shape index (κ1) is 14.0. The van der Waals surface area contributed by atoms with Gasteiger partial charge in [0.05, 0.1) is 0 Å². The number of aromatic nitrogens is 1. The molecule has 21 heavy (non-hydrogen) atoms. The zero-order chi connectivity index (χ0) is 14.7. The molecule has 2 N–H and O–H groups in total. The molecule has 0 spiro atoms. The fourth-order valence-electron chi connectivity index (χ4n) is 1.98. The molecule has 0 saturated heterocycles. The molecule has 0 fully saturated rings. The number of hydrogen-bond acceptors (Lipinski definition) is 4. The van der Waals surface area contributed by atoms with Crippen LogP contribution in [-0.4, -0.2) is 5.16 Å². The molecule has 0 amide bonds. The zero-order valence-electron chi connectivity index (χ0n) is 11.1. The smallest absolute Gasteiger partial charge is 0.222 e. The van der Waals surface area contributed by atoms with Crippen LogP contribution in [0.2, 0.25) is 5.02 Å². The quantitative estimate of drug-likeness (QED) is 0.698. The number of benzene rings is 2. The SMILES string of the molecule is Nc1cc(-c2cc(Cl)ccc2SCc2ccccc2)no1. The Morgan fingerprint density at radius 2 is 1.90 bits per heavy atom. The van der Waals surface area contributed by atoms with E-state index in [1.165, 1.54) is 5.56 Å². The van der Waals surface area contributed by atoms with Gasteiger partial charge in [-0.25, -0.2) is 0 Å². The van der Waals surface area contributed by atoms with Gasteiger partial charge in [0.2, 0.25) is 5.88 Å². The summed E-state index contributed by atoms with van der Waals surface area (Å²) in [4.78, 5) is 1.09. The van der Waals surface area contributed by atoms with E-state index in [9.17, 15) is 0 Å². The summed E-state index contributed by atoms with van der Waals surface area (Å²) in [6.45, 7) is 0. The van der Waals surface area contributed by atoms with Gasteiger partial charge in [-0.3, -0.25) is 0 Å². The zero-order valence-corrected chi connectivity index (χ0v) is 12.7. The molecule has 0 aliphatic carbocycles. The van der Waals surface area contributed by atoms with E-state index < -0.39 is 0 Å². The Morgan fingerprint density at radius 1 is 1.10 bits per heavy atom. The number of halogens is 1. The highest BCUT2D eigenvalue weighted by Gasteiger charge is 2.11. The molecule has 0 saturated carbocycles. The Hall–Kier alpha value is -1.91. The minimum atomic E-state index is 0.295. The van der Waals surface area contributed by atoms with Crippen LogP contribution in [0.25, 0.3) is 11.3 Å². The summed E-state index contributed by atoms with van der Waals surface area (Å²) in [5, 5.41) is 4.63. The van der Waals surface area contributed by atoms with Crippen molar-refractivity contribution >= 4 is 29.2 Å². The molecule has 1 heterocycles. The van der Waals surface area contributed by atoms with Crippen LogP contribution in [-0.2, 0) is 5.75 Å². The Morgan fingerprint density at radius 3 is 2.62 bits per heavy atom. The predicted octanol–water partition coefficient (Wildman–Crippen LogP) is 4.87. The molecule has 0 bridgehead atoms. The number of nitrogens with two attached hydrogens (primary N) is 1. The van der Waals surface area contributed by atoms with Crippen LogP contribution in [0.15, 0.2) is 64.0 Å². The van der Waals surface area contributed by atoms with Gasteiger partial charge in [0.15, 0.2) is 0 Å². The lowest BCUT2D eigenvalue weighted by Crippen LogP contribution is -1.85. The summed E-state index contributed by atoms with van der Waals surface area (Å²) in [5.41, 5.74) is 8.50. The van der Waals surface area contributed by atoms with Crippen LogP contribution in [0.5, 0.6) is 0 Å². The van der Waals surface area contributed by atoms with Crippen LogP contribution in [0.4, 0.5) is 5.88 Å². The number of nitrogen functional groups attached to an aromatic ring is 1. The fourth-order valence-corrected chi connectivity index (χ4v) is 3.15. The first-order valence-electron chi connectivity index (χ1n) is 6.41. The molecule has 1 aromatic heterocycles. The molecule has 2 aromatic carbocycles. The summed E-state index contributed by atoms with van der Waals surface area (Å²) in [5.74, 6) is 1.17. The third-order valence-corrected chi connectivity index (χ3v) is 4.36. The van der Waals surface area contributed by atoms with E-state index in [-0.39, 0.29) is 0 Å². The van der Waals surface area contributed by atoms with E-state index in [0.29, 0.717) is 16.6 Å². The van der Waals surface area contributed by atoms with Gasteiger partial charge < -0.3 is 10.3 Å². The first-order valence-corrected chi connectivity index (χ1v) is 7.77. The Labute approximate surface area is 132 Å². The van der Waals surface area contributed by atoms with E-state index in [0.717, 1.165) is 16.2 Å². The summed E-state index contributed by atoms with van der Waals surface area (Å²) in [6, 6.07) is 17.8. The number of rotatable bonds is 4. The molecule has 0 radical (unpaired) electrons. The molecule has 3 aromatic rings. The van der Waals surface area contributed by atoms with Gasteiger partial charge in [-0.1, -0.05) is 47.1 Å². The van der Waals surface area contributed by atoms with Crippen molar-refractivity contribution in [3.8, 4) is 11.3 Å². The van der Waals surface area contributed by atoms with Crippen molar-refractivity contribution in [3.05, 3.63) is 65.2 Å². The van der Waals surface area contributed by atoms with Crippen LogP contribution in [0, 0.1) is 0 Å². The molecular weight excluding hydrogens is 304 g/mol. The molecule has 5 heteroatoms. The van der Waals surface area contributed by atoms with E-state index >= 15 is 0 Å². The molecule has 0 aliphatic heterocycles. The van der Waals surface area contributed by atoms with E-state index in [2.05, 4.69) is 17.3 Å². The largest absolute Gasteiger partial charge is 0.368 e. The second-order valence-electron chi connectivity index (χ2n) is 4.53. The molecule has 3 rings (SSSR count). The van der Waals surface area contributed by atoms with Crippen molar-refractivity contribution < 1.29 is 4.52 Å². The highest BCUT2D eigenvalue weighted by atomic mass is 35.5. The summed E-state index contributed by atoms with van der Waals surface area (Å²) in [6.07, 6.45) is 0. The molecule has 0 unspecified atom stereocenters. The number of hydrogen-bond donors (Lipinski definition) is 1. The summed E-state index contributed by atoms with van der Waals surface area (Å²) in [7, 11) is 0.